The van der Waals surface area contributed by atoms with Crippen LogP contribution in [0.15, 0.2) is 6.07 Å². The molecule has 0 radical (unpaired) electrons. The minimum absolute atomic E-state index is 0.429. The van der Waals surface area contributed by atoms with E-state index in [0.29, 0.717) is 11.6 Å². The van der Waals surface area contributed by atoms with E-state index in [1.165, 1.54) is 0 Å². The third-order valence-electron chi connectivity index (χ3n) is 2.45. The molecule has 0 atom stereocenters. The van der Waals surface area contributed by atoms with Crippen molar-refractivity contribution in [2.45, 2.75) is 39.7 Å². The molecule has 0 aliphatic rings. The second-order valence-corrected chi connectivity index (χ2v) is 4.73. The van der Waals surface area contributed by atoms with Crippen LogP contribution < -0.4 is 16.4 Å². The number of amides is 1. The van der Waals surface area contributed by atoms with Crippen LogP contribution in [-0.2, 0) is 4.79 Å². The van der Waals surface area contributed by atoms with Crippen LogP contribution in [0.5, 0.6) is 0 Å². The Balaban J connectivity index is 2.89. The maximum absolute atomic E-state index is 11.3. The summed E-state index contributed by atoms with van der Waals surface area (Å²) in [6.45, 7) is 8.16. The summed E-state index contributed by atoms with van der Waals surface area (Å²) >= 11 is 0. The zero-order valence-corrected chi connectivity index (χ0v) is 11.4. The summed E-state index contributed by atoms with van der Waals surface area (Å²) in [5.41, 5.74) is 4.47. The van der Waals surface area contributed by atoms with E-state index in [2.05, 4.69) is 27.5 Å². The van der Waals surface area contributed by atoms with E-state index in [1.54, 1.807) is 26.8 Å². The van der Waals surface area contributed by atoms with Crippen LogP contribution in [0.1, 0.15) is 33.0 Å². The van der Waals surface area contributed by atoms with Gasteiger partial charge in [-0.1, -0.05) is 6.92 Å². The molecular weight excluding hydrogens is 230 g/mol. The largest absolute Gasteiger partial charge is 0.370 e. The maximum atomic E-state index is 11.3. The van der Waals surface area contributed by atoms with Gasteiger partial charge in [-0.15, -0.1) is 0 Å². The highest BCUT2D eigenvalue weighted by atomic mass is 16.1. The van der Waals surface area contributed by atoms with Crippen molar-refractivity contribution in [3.63, 3.8) is 0 Å². The summed E-state index contributed by atoms with van der Waals surface area (Å²) < 4.78 is 0. The smallest absolute Gasteiger partial charge is 0.242 e. The number of hydrogen-bond acceptors (Lipinski definition) is 5. The van der Waals surface area contributed by atoms with Crippen molar-refractivity contribution < 1.29 is 4.79 Å². The van der Waals surface area contributed by atoms with E-state index >= 15 is 0 Å². The number of anilines is 2. The maximum Gasteiger partial charge on any atom is 0.242 e. The number of hydrogen-bond donors (Lipinski definition) is 3. The quantitative estimate of drug-likeness (QED) is 0.708. The number of primary amides is 1. The number of nitrogens with two attached hydrogens (primary N) is 1. The van der Waals surface area contributed by atoms with Gasteiger partial charge in [0.15, 0.2) is 0 Å². The molecule has 6 nitrogen and oxygen atoms in total. The van der Waals surface area contributed by atoms with Crippen LogP contribution in [0.4, 0.5) is 11.6 Å². The topological polar surface area (TPSA) is 92.9 Å². The Kier molecular flexibility index (Phi) is 4.47. The minimum Gasteiger partial charge on any atom is -0.370 e. The molecule has 6 heteroatoms. The van der Waals surface area contributed by atoms with Gasteiger partial charge in [-0.2, -0.15) is 0 Å². The molecule has 0 bridgehead atoms. The van der Waals surface area contributed by atoms with Gasteiger partial charge in [-0.25, -0.2) is 9.97 Å². The monoisotopic (exact) mass is 251 g/mol. The first-order valence-electron chi connectivity index (χ1n) is 6.03. The van der Waals surface area contributed by atoms with Crippen molar-refractivity contribution in [1.29, 1.82) is 0 Å². The summed E-state index contributed by atoms with van der Waals surface area (Å²) in [6.07, 6.45) is 1.01. The summed E-state index contributed by atoms with van der Waals surface area (Å²) in [7, 11) is 0. The van der Waals surface area contributed by atoms with E-state index in [9.17, 15) is 4.79 Å². The van der Waals surface area contributed by atoms with Crippen LogP contribution in [0.3, 0.4) is 0 Å². The lowest BCUT2D eigenvalue weighted by molar-refractivity contribution is -0.121. The first-order valence-corrected chi connectivity index (χ1v) is 6.03. The third-order valence-corrected chi connectivity index (χ3v) is 2.45. The fourth-order valence-corrected chi connectivity index (χ4v) is 1.36. The molecule has 4 N–H and O–H groups in total. The molecule has 100 valence electrons. The molecule has 0 aromatic carbocycles. The SMILES string of the molecule is CCCNc1cc(NC(C)(C)C(N)=O)nc(C)n1. The fourth-order valence-electron chi connectivity index (χ4n) is 1.36. The Morgan fingerprint density at radius 2 is 2.00 bits per heavy atom. The summed E-state index contributed by atoms with van der Waals surface area (Å²) in [5, 5.41) is 6.19. The third kappa shape index (κ3) is 3.87. The van der Waals surface area contributed by atoms with Gasteiger partial charge in [-0.3, -0.25) is 4.79 Å². The van der Waals surface area contributed by atoms with E-state index in [0.717, 1.165) is 18.8 Å². The molecule has 1 amide bonds. The van der Waals surface area contributed by atoms with Crippen LogP contribution >= 0.6 is 0 Å². The molecule has 1 heterocycles. The molecule has 0 saturated carbocycles. The molecule has 0 aliphatic carbocycles. The number of carbonyl (C=O) groups is 1. The van der Waals surface area contributed by atoms with Gasteiger partial charge in [0.25, 0.3) is 0 Å². The first-order chi connectivity index (χ1) is 8.35. The number of rotatable bonds is 6. The molecule has 1 rings (SSSR count). The highest BCUT2D eigenvalue weighted by Gasteiger charge is 2.25. The molecule has 18 heavy (non-hydrogen) atoms. The first kappa shape index (κ1) is 14.2. The molecule has 0 saturated heterocycles. The Morgan fingerprint density at radius 3 is 2.56 bits per heavy atom. The number of aryl methyl sites for hydroxylation is 1. The minimum atomic E-state index is -0.844. The second-order valence-electron chi connectivity index (χ2n) is 4.73. The highest BCUT2D eigenvalue weighted by Crippen LogP contribution is 2.16. The van der Waals surface area contributed by atoms with Crippen molar-refractivity contribution in [2.75, 3.05) is 17.2 Å². The Bertz CT molecular complexity index is 430. The molecule has 0 fully saturated rings. The molecule has 0 aliphatic heterocycles. The second kappa shape index (κ2) is 5.66. The zero-order valence-electron chi connectivity index (χ0n) is 11.4. The van der Waals surface area contributed by atoms with Crippen LogP contribution in [0, 0.1) is 6.92 Å². The summed E-state index contributed by atoms with van der Waals surface area (Å²) in [4.78, 5) is 19.8. The van der Waals surface area contributed by atoms with E-state index in [-0.39, 0.29) is 0 Å². The predicted octanol–water partition coefficient (Wildman–Crippen LogP) is 1.28. The molecule has 0 spiro atoms. The van der Waals surface area contributed by atoms with Crippen molar-refractivity contribution in [1.82, 2.24) is 9.97 Å². The van der Waals surface area contributed by atoms with Gasteiger partial charge in [-0.05, 0) is 27.2 Å². The van der Waals surface area contributed by atoms with Gasteiger partial charge in [0, 0.05) is 12.6 Å². The predicted molar refractivity (Wildman–Crippen MR) is 72.4 cm³/mol. The molecule has 1 aromatic heterocycles. The standard InChI is InChI=1S/C12H21N5O/c1-5-6-14-9-7-10(16-8(2)15-9)17-12(3,4)11(13)18/h7H,5-6H2,1-4H3,(H2,13,18)(H2,14,15,16,17). The Labute approximate surface area is 107 Å². The summed E-state index contributed by atoms with van der Waals surface area (Å²) in [5.74, 6) is 1.54. The van der Waals surface area contributed by atoms with Crippen LogP contribution in [0.2, 0.25) is 0 Å². The average Bonchev–Trinajstić information content (AvgIpc) is 2.24. The van der Waals surface area contributed by atoms with Crippen LogP contribution in [0.25, 0.3) is 0 Å². The van der Waals surface area contributed by atoms with E-state index < -0.39 is 11.4 Å². The number of carbonyl (C=O) groups excluding carboxylic acids is 1. The van der Waals surface area contributed by atoms with Gasteiger partial charge < -0.3 is 16.4 Å². The number of aromatic nitrogens is 2. The van der Waals surface area contributed by atoms with Crippen molar-refractivity contribution in [3.05, 3.63) is 11.9 Å². The molecule has 0 unspecified atom stereocenters. The van der Waals surface area contributed by atoms with Gasteiger partial charge in [0.1, 0.15) is 23.0 Å². The molecule has 1 aromatic rings. The van der Waals surface area contributed by atoms with Gasteiger partial charge >= 0.3 is 0 Å². The van der Waals surface area contributed by atoms with Gasteiger partial charge in [0.05, 0.1) is 0 Å². The Hall–Kier alpha value is -1.85. The lowest BCUT2D eigenvalue weighted by Crippen LogP contribution is -2.45. The van der Waals surface area contributed by atoms with Gasteiger partial charge in [0.2, 0.25) is 5.91 Å². The highest BCUT2D eigenvalue weighted by molar-refractivity contribution is 5.86. The van der Waals surface area contributed by atoms with Crippen molar-refractivity contribution in [3.8, 4) is 0 Å². The summed E-state index contributed by atoms with van der Waals surface area (Å²) in [6, 6.07) is 1.77. The lowest BCUT2D eigenvalue weighted by atomic mass is 10.1. The number of nitrogens with zero attached hydrogens (tertiary/aromatic N) is 2. The van der Waals surface area contributed by atoms with Crippen LogP contribution in [-0.4, -0.2) is 28.0 Å². The lowest BCUT2D eigenvalue weighted by Gasteiger charge is -2.23. The van der Waals surface area contributed by atoms with Crippen molar-refractivity contribution in [2.24, 2.45) is 5.73 Å². The van der Waals surface area contributed by atoms with E-state index in [4.69, 9.17) is 5.73 Å². The average molecular weight is 251 g/mol. The fraction of sp³-hybridized carbons (Fsp3) is 0.583. The van der Waals surface area contributed by atoms with Crippen molar-refractivity contribution >= 4 is 17.5 Å². The van der Waals surface area contributed by atoms with E-state index in [1.807, 2.05) is 0 Å². The number of nitrogens with one attached hydrogen (secondary N) is 2. The molecular formula is C12H21N5O. The normalized spacial score (nSPS) is 11.1. The Morgan fingerprint density at radius 1 is 1.39 bits per heavy atom. The zero-order chi connectivity index (χ0) is 13.8.